The first-order valence-corrected chi connectivity index (χ1v) is 13.8. The highest BCUT2D eigenvalue weighted by Crippen LogP contribution is 2.22. The van der Waals surface area contributed by atoms with Crippen LogP contribution < -0.4 is 16.4 Å². The SMILES string of the molecule is Cc1ccc(NC(=O)C(/C(=N/S(=O)(=O)c2ccc(C)cc2)Nc2ccccc2)=C(\N)c2ccc(C)cc2)cc1. The summed E-state index contributed by atoms with van der Waals surface area (Å²) < 4.78 is 31.0. The summed E-state index contributed by atoms with van der Waals surface area (Å²) in [7, 11) is -4.22. The van der Waals surface area contributed by atoms with Gasteiger partial charge >= 0.3 is 0 Å². The van der Waals surface area contributed by atoms with Crippen molar-refractivity contribution >= 4 is 38.8 Å². The second-order valence-corrected chi connectivity index (χ2v) is 10.8. The van der Waals surface area contributed by atoms with Crippen LogP contribution in [0.25, 0.3) is 5.70 Å². The number of amidine groups is 1. The van der Waals surface area contributed by atoms with Crippen molar-refractivity contribution in [1.82, 2.24) is 0 Å². The van der Waals surface area contributed by atoms with Crippen molar-refractivity contribution in [3.8, 4) is 0 Å². The number of nitrogens with two attached hydrogens (primary N) is 1. The van der Waals surface area contributed by atoms with E-state index in [0.717, 1.165) is 16.7 Å². The van der Waals surface area contributed by atoms with Gasteiger partial charge in [0, 0.05) is 11.4 Å². The molecule has 0 saturated carbocycles. The Bertz CT molecular complexity index is 1630. The summed E-state index contributed by atoms with van der Waals surface area (Å²) in [6.07, 6.45) is 0. The Morgan fingerprint density at radius 1 is 0.667 bits per heavy atom. The highest BCUT2D eigenvalue weighted by Gasteiger charge is 2.25. The van der Waals surface area contributed by atoms with E-state index in [-0.39, 0.29) is 22.0 Å². The number of rotatable bonds is 7. The summed E-state index contributed by atoms with van der Waals surface area (Å²) in [6.45, 7) is 5.74. The second kappa shape index (κ2) is 11.8. The van der Waals surface area contributed by atoms with E-state index in [1.807, 2.05) is 51.1 Å². The molecule has 4 aromatic carbocycles. The lowest BCUT2D eigenvalue weighted by Crippen LogP contribution is -2.29. The largest absolute Gasteiger partial charge is 0.397 e. The fourth-order valence-electron chi connectivity index (χ4n) is 3.74. The van der Waals surface area contributed by atoms with Gasteiger partial charge < -0.3 is 16.4 Å². The van der Waals surface area contributed by atoms with Gasteiger partial charge in [-0.2, -0.15) is 8.42 Å². The quantitative estimate of drug-likeness (QED) is 0.156. The molecule has 0 bridgehead atoms. The van der Waals surface area contributed by atoms with Gasteiger partial charge in [0.1, 0.15) is 5.57 Å². The van der Waals surface area contributed by atoms with Crippen molar-refractivity contribution < 1.29 is 13.2 Å². The molecule has 0 fully saturated rings. The minimum absolute atomic E-state index is 0.00679. The van der Waals surface area contributed by atoms with Crippen molar-refractivity contribution in [1.29, 1.82) is 0 Å². The average Bonchev–Trinajstić information content (AvgIpc) is 2.91. The summed E-state index contributed by atoms with van der Waals surface area (Å²) in [5.41, 5.74) is 11.1. The molecule has 0 radical (unpaired) electrons. The lowest BCUT2D eigenvalue weighted by Gasteiger charge is -2.17. The van der Waals surface area contributed by atoms with Crippen LogP contribution >= 0.6 is 0 Å². The number of hydrogen-bond acceptors (Lipinski definition) is 4. The third kappa shape index (κ3) is 7.00. The van der Waals surface area contributed by atoms with E-state index in [0.29, 0.717) is 16.9 Å². The normalized spacial score (nSPS) is 12.4. The molecule has 4 rings (SSSR count). The Kier molecular flexibility index (Phi) is 8.27. The van der Waals surface area contributed by atoms with Crippen molar-refractivity contribution in [3.63, 3.8) is 0 Å². The lowest BCUT2D eigenvalue weighted by atomic mass is 10.0. The molecule has 4 aromatic rings. The first-order valence-electron chi connectivity index (χ1n) is 12.3. The van der Waals surface area contributed by atoms with Crippen molar-refractivity contribution in [2.24, 2.45) is 10.1 Å². The molecule has 8 heteroatoms. The van der Waals surface area contributed by atoms with Crippen LogP contribution in [-0.2, 0) is 14.8 Å². The highest BCUT2D eigenvalue weighted by atomic mass is 32.2. The van der Waals surface area contributed by atoms with E-state index in [1.54, 1.807) is 60.7 Å². The van der Waals surface area contributed by atoms with Crippen molar-refractivity contribution in [2.45, 2.75) is 25.7 Å². The van der Waals surface area contributed by atoms with E-state index < -0.39 is 15.9 Å². The predicted octanol–water partition coefficient (Wildman–Crippen LogP) is 5.82. The smallest absolute Gasteiger partial charge is 0.284 e. The molecule has 0 atom stereocenters. The number of carbonyl (C=O) groups is 1. The van der Waals surface area contributed by atoms with Gasteiger partial charge in [-0.15, -0.1) is 4.40 Å². The molecule has 0 saturated heterocycles. The maximum Gasteiger partial charge on any atom is 0.284 e. The zero-order chi connectivity index (χ0) is 28.0. The minimum Gasteiger partial charge on any atom is -0.397 e. The molecule has 0 unspecified atom stereocenters. The average molecular weight is 539 g/mol. The predicted molar refractivity (Wildman–Crippen MR) is 158 cm³/mol. The molecular formula is C31H30N4O3S. The molecule has 4 N–H and O–H groups in total. The topological polar surface area (TPSA) is 114 Å². The van der Waals surface area contributed by atoms with Crippen LogP contribution in [-0.4, -0.2) is 20.2 Å². The van der Waals surface area contributed by atoms with Crippen LogP contribution in [0.2, 0.25) is 0 Å². The highest BCUT2D eigenvalue weighted by molar-refractivity contribution is 7.90. The van der Waals surface area contributed by atoms with Gasteiger partial charge in [-0.3, -0.25) is 4.79 Å². The molecule has 1 amide bonds. The Labute approximate surface area is 229 Å². The lowest BCUT2D eigenvalue weighted by molar-refractivity contribution is -0.112. The monoisotopic (exact) mass is 538 g/mol. The molecule has 0 heterocycles. The van der Waals surface area contributed by atoms with Crippen LogP contribution in [0.4, 0.5) is 11.4 Å². The van der Waals surface area contributed by atoms with Gasteiger partial charge in [-0.25, -0.2) is 0 Å². The first-order chi connectivity index (χ1) is 18.6. The molecule has 0 aliphatic rings. The second-order valence-electron chi connectivity index (χ2n) is 9.19. The van der Waals surface area contributed by atoms with Crippen LogP contribution in [0.5, 0.6) is 0 Å². The number of benzene rings is 4. The fraction of sp³-hybridized carbons (Fsp3) is 0.0968. The number of amides is 1. The standard InChI is InChI=1S/C31H30N4O3S/c1-21-9-15-24(16-10-21)29(32)28(31(36)34-26-17-11-22(2)12-18-26)30(33-25-7-5-4-6-8-25)35-39(37,38)27-19-13-23(3)14-20-27/h4-20H,32H2,1-3H3,(H,33,35)(H,34,36)/b29-28-. The molecule has 39 heavy (non-hydrogen) atoms. The van der Waals surface area contributed by atoms with Gasteiger partial charge in [0.25, 0.3) is 15.9 Å². The Hall–Kier alpha value is -4.69. The third-order valence-electron chi connectivity index (χ3n) is 5.97. The third-order valence-corrected chi connectivity index (χ3v) is 7.26. The number of para-hydroxylation sites is 1. The van der Waals surface area contributed by atoms with E-state index >= 15 is 0 Å². The number of nitrogens with one attached hydrogen (secondary N) is 2. The number of nitrogens with zero attached hydrogens (tertiary/aromatic N) is 1. The molecular weight excluding hydrogens is 508 g/mol. The van der Waals surface area contributed by atoms with E-state index in [4.69, 9.17) is 5.73 Å². The van der Waals surface area contributed by atoms with E-state index in [1.165, 1.54) is 12.1 Å². The van der Waals surface area contributed by atoms with Gasteiger partial charge in [-0.05, 0) is 62.7 Å². The molecule has 0 spiro atoms. The number of aryl methyl sites for hydroxylation is 3. The van der Waals surface area contributed by atoms with Crippen LogP contribution in [0.15, 0.2) is 118 Å². The Morgan fingerprint density at radius 2 is 1.15 bits per heavy atom. The van der Waals surface area contributed by atoms with Crippen molar-refractivity contribution in [3.05, 3.63) is 131 Å². The number of carbonyl (C=O) groups excluding carboxylic acids is 1. The molecule has 198 valence electrons. The van der Waals surface area contributed by atoms with Gasteiger partial charge in [-0.1, -0.05) is 83.4 Å². The maximum atomic E-state index is 13.8. The summed E-state index contributed by atoms with van der Waals surface area (Å²) in [4.78, 5) is 13.8. The zero-order valence-electron chi connectivity index (χ0n) is 22.0. The van der Waals surface area contributed by atoms with Gasteiger partial charge in [0.05, 0.1) is 10.6 Å². The zero-order valence-corrected chi connectivity index (χ0v) is 22.8. The fourth-order valence-corrected chi connectivity index (χ4v) is 4.70. The minimum atomic E-state index is -4.22. The Morgan fingerprint density at radius 3 is 1.72 bits per heavy atom. The number of sulfonamides is 1. The van der Waals surface area contributed by atoms with Crippen LogP contribution in [0.1, 0.15) is 22.3 Å². The number of anilines is 2. The van der Waals surface area contributed by atoms with E-state index in [2.05, 4.69) is 15.0 Å². The first kappa shape index (κ1) is 27.3. The van der Waals surface area contributed by atoms with Crippen molar-refractivity contribution in [2.75, 3.05) is 10.6 Å². The molecule has 7 nitrogen and oxygen atoms in total. The summed E-state index contributed by atoms with van der Waals surface area (Å²) in [5, 5.41) is 5.86. The summed E-state index contributed by atoms with van der Waals surface area (Å²) in [5.74, 6) is -0.817. The molecule has 0 aliphatic carbocycles. The van der Waals surface area contributed by atoms with Crippen LogP contribution in [0.3, 0.4) is 0 Å². The van der Waals surface area contributed by atoms with E-state index in [9.17, 15) is 13.2 Å². The summed E-state index contributed by atoms with van der Waals surface area (Å²) >= 11 is 0. The van der Waals surface area contributed by atoms with Gasteiger partial charge in [0.2, 0.25) is 0 Å². The van der Waals surface area contributed by atoms with Gasteiger partial charge in [0.15, 0.2) is 5.84 Å². The summed E-state index contributed by atoms with van der Waals surface area (Å²) in [6, 6.07) is 29.7. The molecule has 0 aliphatic heterocycles. The molecule has 0 aromatic heterocycles. The number of hydrogen-bond donors (Lipinski definition) is 3. The Balaban J connectivity index is 1.91. The maximum absolute atomic E-state index is 13.8. The van der Waals surface area contributed by atoms with Crippen LogP contribution in [0, 0.1) is 20.8 Å².